The summed E-state index contributed by atoms with van der Waals surface area (Å²) in [6, 6.07) is 8.90. The Morgan fingerprint density at radius 3 is 2.55 bits per heavy atom. The Bertz CT molecular complexity index is 1060. The van der Waals surface area contributed by atoms with Crippen LogP contribution in [-0.4, -0.2) is 82.6 Å². The van der Waals surface area contributed by atoms with Crippen LogP contribution in [0.2, 0.25) is 5.02 Å². The summed E-state index contributed by atoms with van der Waals surface area (Å²) in [7, 11) is 0. The van der Waals surface area contributed by atoms with Crippen LogP contribution in [-0.2, 0) is 9.59 Å². The largest absolute Gasteiger partial charge is 0.353 e. The van der Waals surface area contributed by atoms with E-state index in [1.165, 1.54) is 0 Å². The molecule has 2 aliphatic rings. The van der Waals surface area contributed by atoms with E-state index in [1.54, 1.807) is 42.7 Å². The molecule has 0 aliphatic carbocycles. The zero-order chi connectivity index (χ0) is 23.2. The lowest BCUT2D eigenvalue weighted by atomic mass is 10.2. The molecule has 0 bridgehead atoms. The highest BCUT2D eigenvalue weighted by Crippen LogP contribution is 2.33. The molecule has 11 heteroatoms. The summed E-state index contributed by atoms with van der Waals surface area (Å²) in [6.45, 7) is 3.52. The van der Waals surface area contributed by atoms with Gasteiger partial charge in [0.1, 0.15) is 0 Å². The quantitative estimate of drug-likeness (QED) is 0.594. The molecule has 0 radical (unpaired) electrons. The highest BCUT2D eigenvalue weighted by Gasteiger charge is 2.34. The molecule has 0 unspecified atom stereocenters. The second kappa shape index (κ2) is 10.8. The van der Waals surface area contributed by atoms with Crippen LogP contribution in [0.25, 0.3) is 6.08 Å². The molecule has 4 rings (SSSR count). The Morgan fingerprint density at radius 2 is 1.82 bits per heavy atom. The summed E-state index contributed by atoms with van der Waals surface area (Å²) in [6.07, 6.45) is 5.05. The van der Waals surface area contributed by atoms with Gasteiger partial charge >= 0.3 is 0 Å². The predicted octanol–water partition coefficient (Wildman–Crippen LogP) is 2.10. The van der Waals surface area contributed by atoms with Gasteiger partial charge in [-0.1, -0.05) is 29.8 Å². The third-order valence-corrected chi connectivity index (χ3v) is 6.55. The first kappa shape index (κ1) is 23.2. The van der Waals surface area contributed by atoms with Crippen molar-refractivity contribution in [3.8, 4) is 0 Å². The average Bonchev–Trinajstić information content (AvgIpc) is 3.09. The minimum atomic E-state index is -0.376. The predicted molar refractivity (Wildman–Crippen MR) is 128 cm³/mol. The first-order chi connectivity index (χ1) is 16.0. The van der Waals surface area contributed by atoms with E-state index in [9.17, 15) is 14.4 Å². The number of rotatable bonds is 7. The number of carbonyl (C=O) groups is 3. The van der Waals surface area contributed by atoms with Gasteiger partial charge in [-0.25, -0.2) is 9.97 Å². The first-order valence-electron chi connectivity index (χ1n) is 10.5. The van der Waals surface area contributed by atoms with E-state index >= 15 is 0 Å². The summed E-state index contributed by atoms with van der Waals surface area (Å²) >= 11 is 7.01. The lowest BCUT2D eigenvalue weighted by Gasteiger charge is -2.34. The standard InChI is InChI=1S/C22H23ClN6O3S/c23-17-5-2-1-4-16(17)14-18-20(31)29(22(32)33-18)9-8-24-19(30)15-27-10-12-28(13-11-27)21-25-6-3-7-26-21/h1-7,14H,8-13,15H2,(H,24,30). The highest BCUT2D eigenvalue weighted by molar-refractivity contribution is 8.18. The zero-order valence-corrected chi connectivity index (χ0v) is 19.4. The van der Waals surface area contributed by atoms with E-state index in [-0.39, 0.29) is 36.7 Å². The van der Waals surface area contributed by atoms with E-state index in [0.29, 0.717) is 21.4 Å². The smallest absolute Gasteiger partial charge is 0.293 e. The van der Waals surface area contributed by atoms with Crippen molar-refractivity contribution in [1.82, 2.24) is 25.1 Å². The number of benzene rings is 1. The van der Waals surface area contributed by atoms with Crippen LogP contribution < -0.4 is 10.2 Å². The topological polar surface area (TPSA) is 98.7 Å². The minimum absolute atomic E-state index is 0.120. The van der Waals surface area contributed by atoms with Crippen molar-refractivity contribution < 1.29 is 14.4 Å². The molecule has 2 fully saturated rings. The molecule has 0 saturated carbocycles. The molecule has 172 valence electrons. The Kier molecular flexibility index (Phi) is 7.58. The first-order valence-corrected chi connectivity index (χ1v) is 11.7. The van der Waals surface area contributed by atoms with Crippen molar-refractivity contribution in [2.24, 2.45) is 0 Å². The number of amides is 3. The minimum Gasteiger partial charge on any atom is -0.353 e. The number of imide groups is 1. The molecule has 0 atom stereocenters. The van der Waals surface area contributed by atoms with Gasteiger partial charge in [0.2, 0.25) is 11.9 Å². The van der Waals surface area contributed by atoms with E-state index in [4.69, 9.17) is 11.6 Å². The normalized spacial score (nSPS) is 18.3. The fraction of sp³-hybridized carbons (Fsp3) is 0.318. The molecule has 2 aliphatic heterocycles. The van der Waals surface area contributed by atoms with E-state index in [1.807, 2.05) is 6.07 Å². The third-order valence-electron chi connectivity index (χ3n) is 5.30. The monoisotopic (exact) mass is 486 g/mol. The molecule has 0 spiro atoms. The third kappa shape index (κ3) is 5.89. The summed E-state index contributed by atoms with van der Waals surface area (Å²) in [5.41, 5.74) is 0.678. The van der Waals surface area contributed by atoms with Crippen LogP contribution in [0.1, 0.15) is 5.56 Å². The van der Waals surface area contributed by atoms with Gasteiger partial charge in [-0.3, -0.25) is 24.2 Å². The van der Waals surface area contributed by atoms with E-state index < -0.39 is 0 Å². The number of hydrogen-bond donors (Lipinski definition) is 1. The number of nitrogens with one attached hydrogen (secondary N) is 1. The van der Waals surface area contributed by atoms with Gasteiger partial charge in [-0.15, -0.1) is 0 Å². The highest BCUT2D eigenvalue weighted by atomic mass is 35.5. The van der Waals surface area contributed by atoms with Crippen LogP contribution in [0, 0.1) is 0 Å². The molecule has 2 aromatic rings. The number of anilines is 1. The Labute approximate surface area is 200 Å². The van der Waals surface area contributed by atoms with Crippen molar-refractivity contribution in [3.63, 3.8) is 0 Å². The van der Waals surface area contributed by atoms with Gasteiger partial charge in [-0.2, -0.15) is 0 Å². The van der Waals surface area contributed by atoms with Crippen molar-refractivity contribution in [2.45, 2.75) is 0 Å². The number of aromatic nitrogens is 2. The number of piperazine rings is 1. The lowest BCUT2D eigenvalue weighted by molar-refractivity contribution is -0.124. The second-order valence-corrected chi connectivity index (χ2v) is 8.92. The van der Waals surface area contributed by atoms with Gasteiger partial charge in [0, 0.05) is 56.7 Å². The molecule has 3 heterocycles. The van der Waals surface area contributed by atoms with Gasteiger partial charge < -0.3 is 10.2 Å². The SMILES string of the molecule is O=C(CN1CCN(c2ncccn2)CC1)NCCN1C(=O)SC(=Cc2ccccc2Cl)C1=O. The molecule has 1 aromatic heterocycles. The van der Waals surface area contributed by atoms with Crippen LogP contribution in [0.4, 0.5) is 10.7 Å². The summed E-state index contributed by atoms with van der Waals surface area (Å²) in [5, 5.41) is 2.95. The Hall–Kier alpha value is -2.95. The van der Waals surface area contributed by atoms with Gasteiger partial charge in [0.05, 0.1) is 11.4 Å². The van der Waals surface area contributed by atoms with Gasteiger partial charge in [0.15, 0.2) is 0 Å². The number of hydrogen-bond acceptors (Lipinski definition) is 8. The molecule has 1 N–H and O–H groups in total. The van der Waals surface area contributed by atoms with Crippen molar-refractivity contribution >= 4 is 52.4 Å². The zero-order valence-electron chi connectivity index (χ0n) is 17.8. The molecule has 33 heavy (non-hydrogen) atoms. The van der Waals surface area contributed by atoms with Crippen molar-refractivity contribution in [2.75, 3.05) is 50.7 Å². The molecule has 2 saturated heterocycles. The van der Waals surface area contributed by atoms with Crippen LogP contribution in [0.3, 0.4) is 0 Å². The number of carbonyl (C=O) groups excluding carboxylic acids is 3. The summed E-state index contributed by atoms with van der Waals surface area (Å²) in [5.74, 6) is 0.179. The fourth-order valence-electron chi connectivity index (χ4n) is 3.55. The summed E-state index contributed by atoms with van der Waals surface area (Å²) < 4.78 is 0. The second-order valence-electron chi connectivity index (χ2n) is 7.52. The molecule has 3 amide bonds. The van der Waals surface area contributed by atoms with Crippen molar-refractivity contribution in [3.05, 3.63) is 58.2 Å². The van der Waals surface area contributed by atoms with Gasteiger partial charge in [-0.05, 0) is 35.5 Å². The molecular weight excluding hydrogens is 464 g/mol. The molecular formula is C22H23ClN6O3S. The average molecular weight is 487 g/mol. The maximum absolute atomic E-state index is 12.6. The Morgan fingerprint density at radius 1 is 1.09 bits per heavy atom. The van der Waals surface area contributed by atoms with Crippen LogP contribution in [0.15, 0.2) is 47.6 Å². The summed E-state index contributed by atoms with van der Waals surface area (Å²) in [4.78, 5) is 51.3. The number of halogens is 1. The van der Waals surface area contributed by atoms with Crippen LogP contribution >= 0.6 is 23.4 Å². The number of thioether (sulfide) groups is 1. The lowest BCUT2D eigenvalue weighted by Crippen LogP contribution is -2.50. The maximum Gasteiger partial charge on any atom is 0.293 e. The van der Waals surface area contributed by atoms with E-state index in [2.05, 4.69) is 25.1 Å². The fourth-order valence-corrected chi connectivity index (χ4v) is 4.60. The molecule has 1 aromatic carbocycles. The van der Waals surface area contributed by atoms with E-state index in [0.717, 1.165) is 42.8 Å². The molecule has 9 nitrogen and oxygen atoms in total. The maximum atomic E-state index is 12.6. The Balaban J connectivity index is 1.21. The number of nitrogens with zero attached hydrogens (tertiary/aromatic N) is 5. The van der Waals surface area contributed by atoms with Gasteiger partial charge in [0.25, 0.3) is 11.1 Å². The van der Waals surface area contributed by atoms with Crippen LogP contribution in [0.5, 0.6) is 0 Å². The van der Waals surface area contributed by atoms with Crippen molar-refractivity contribution in [1.29, 1.82) is 0 Å².